The number of methoxy groups -OCH3 is 1. The lowest BCUT2D eigenvalue weighted by Gasteiger charge is -2.40. The summed E-state index contributed by atoms with van der Waals surface area (Å²) < 4.78 is 36.5. The molecule has 2 aromatic carbocycles. The van der Waals surface area contributed by atoms with Gasteiger partial charge in [0.25, 0.3) is 0 Å². The maximum Gasteiger partial charge on any atom is 0.318 e. The van der Waals surface area contributed by atoms with E-state index in [1.54, 1.807) is 6.07 Å². The Morgan fingerprint density at radius 3 is 2.62 bits per heavy atom. The van der Waals surface area contributed by atoms with E-state index in [1.807, 2.05) is 0 Å². The SMILES string of the molecule is C#Cc1c(F)ccc2cc(N)cc(-c3nc(Cl)c4c(N5CC(CC)NC(CCC)C5)nc(OC)nc4c3F)c12. The van der Waals surface area contributed by atoms with Gasteiger partial charge in [-0.25, -0.2) is 13.8 Å². The Hall–Kier alpha value is -3.74. The van der Waals surface area contributed by atoms with Gasteiger partial charge in [-0.15, -0.1) is 6.42 Å². The number of nitrogens with zero attached hydrogens (tertiary/aromatic N) is 4. The minimum absolute atomic E-state index is 0.00367. The third-order valence-electron chi connectivity index (χ3n) is 7.16. The second-order valence-corrected chi connectivity index (χ2v) is 10.1. The van der Waals surface area contributed by atoms with Crippen LogP contribution in [0.1, 0.15) is 38.7 Å². The Morgan fingerprint density at radius 1 is 1.15 bits per heavy atom. The van der Waals surface area contributed by atoms with Gasteiger partial charge in [0, 0.05) is 41.8 Å². The number of anilines is 2. The molecule has 1 aliphatic heterocycles. The Kier molecular flexibility index (Phi) is 7.43. The average molecular weight is 551 g/mol. The molecule has 0 bridgehead atoms. The van der Waals surface area contributed by atoms with Crippen LogP contribution in [0.25, 0.3) is 32.9 Å². The van der Waals surface area contributed by atoms with Crippen molar-refractivity contribution in [3.05, 3.63) is 46.6 Å². The quantitative estimate of drug-likeness (QED) is 0.181. The molecule has 2 unspecified atom stereocenters. The summed E-state index contributed by atoms with van der Waals surface area (Å²) in [6.45, 7) is 5.56. The number of nitrogen functional groups attached to an aromatic ring is 1. The van der Waals surface area contributed by atoms with Gasteiger partial charge in [-0.2, -0.15) is 9.97 Å². The lowest BCUT2D eigenvalue weighted by atomic mass is 9.95. The first-order valence-electron chi connectivity index (χ1n) is 12.9. The summed E-state index contributed by atoms with van der Waals surface area (Å²) >= 11 is 6.78. The molecule has 4 aromatic rings. The number of piperazine rings is 1. The van der Waals surface area contributed by atoms with Crippen LogP contribution in [-0.4, -0.2) is 47.2 Å². The summed E-state index contributed by atoms with van der Waals surface area (Å²) in [5.74, 6) is 1.46. The van der Waals surface area contributed by atoms with Crippen LogP contribution in [0.4, 0.5) is 20.3 Å². The van der Waals surface area contributed by atoms with Gasteiger partial charge in [-0.1, -0.05) is 43.9 Å². The van der Waals surface area contributed by atoms with Gasteiger partial charge >= 0.3 is 6.01 Å². The summed E-state index contributed by atoms with van der Waals surface area (Å²) in [7, 11) is 1.42. The van der Waals surface area contributed by atoms with E-state index in [9.17, 15) is 4.39 Å². The molecule has 0 radical (unpaired) electrons. The molecule has 202 valence electrons. The Morgan fingerprint density at radius 2 is 1.92 bits per heavy atom. The third kappa shape index (κ3) is 4.79. The van der Waals surface area contributed by atoms with Crippen LogP contribution >= 0.6 is 11.6 Å². The van der Waals surface area contributed by atoms with Gasteiger partial charge in [0.1, 0.15) is 28.0 Å². The molecule has 0 amide bonds. The van der Waals surface area contributed by atoms with Gasteiger partial charge in [0.05, 0.1) is 18.1 Å². The van der Waals surface area contributed by atoms with E-state index in [0.717, 1.165) is 19.3 Å². The van der Waals surface area contributed by atoms with Crippen molar-refractivity contribution in [3.63, 3.8) is 0 Å². The molecule has 3 heterocycles. The largest absolute Gasteiger partial charge is 0.467 e. The molecular formula is C29H29ClF2N6O. The van der Waals surface area contributed by atoms with E-state index >= 15 is 4.39 Å². The number of ether oxygens (including phenoxy) is 1. The van der Waals surface area contributed by atoms with Crippen LogP contribution in [0.2, 0.25) is 5.15 Å². The number of hydrogen-bond donors (Lipinski definition) is 2. The molecule has 0 saturated carbocycles. The number of halogens is 3. The molecule has 7 nitrogen and oxygen atoms in total. The minimum atomic E-state index is -0.761. The summed E-state index contributed by atoms with van der Waals surface area (Å²) in [4.78, 5) is 15.5. The molecule has 0 aliphatic carbocycles. The number of pyridine rings is 1. The highest BCUT2D eigenvalue weighted by Crippen LogP contribution is 2.40. The van der Waals surface area contributed by atoms with E-state index in [0.29, 0.717) is 35.4 Å². The normalized spacial score (nSPS) is 17.5. The molecular weight excluding hydrogens is 522 g/mol. The Bertz CT molecular complexity index is 1620. The fourth-order valence-electron chi connectivity index (χ4n) is 5.37. The minimum Gasteiger partial charge on any atom is -0.467 e. The summed E-state index contributed by atoms with van der Waals surface area (Å²) in [5.41, 5.74) is 6.47. The van der Waals surface area contributed by atoms with E-state index in [-0.39, 0.29) is 51.0 Å². The second kappa shape index (κ2) is 10.8. The maximum absolute atomic E-state index is 16.5. The molecule has 10 heteroatoms. The first-order valence-corrected chi connectivity index (χ1v) is 13.3. The molecule has 2 atom stereocenters. The number of benzene rings is 2. The lowest BCUT2D eigenvalue weighted by molar-refractivity contribution is 0.344. The topological polar surface area (TPSA) is 89.2 Å². The predicted molar refractivity (Wildman–Crippen MR) is 152 cm³/mol. The lowest BCUT2D eigenvalue weighted by Crippen LogP contribution is -2.56. The van der Waals surface area contributed by atoms with Crippen molar-refractivity contribution >= 4 is 44.8 Å². The summed E-state index contributed by atoms with van der Waals surface area (Å²) in [6, 6.07) is 6.39. The van der Waals surface area contributed by atoms with E-state index in [2.05, 4.69) is 44.9 Å². The van der Waals surface area contributed by atoms with Crippen LogP contribution in [0, 0.1) is 24.0 Å². The van der Waals surface area contributed by atoms with Crippen molar-refractivity contribution < 1.29 is 13.5 Å². The van der Waals surface area contributed by atoms with Gasteiger partial charge < -0.3 is 20.7 Å². The van der Waals surface area contributed by atoms with Crippen molar-refractivity contribution in [2.45, 2.75) is 45.2 Å². The van der Waals surface area contributed by atoms with Crippen LogP contribution in [0.5, 0.6) is 6.01 Å². The number of rotatable bonds is 6. The molecule has 5 rings (SSSR count). The Balaban J connectivity index is 1.77. The van der Waals surface area contributed by atoms with Crippen LogP contribution < -0.4 is 20.7 Å². The smallest absolute Gasteiger partial charge is 0.318 e. The number of fused-ring (bicyclic) bond motifs is 2. The summed E-state index contributed by atoms with van der Waals surface area (Å²) in [6.07, 6.45) is 8.56. The summed E-state index contributed by atoms with van der Waals surface area (Å²) in [5, 5.41) is 4.82. The van der Waals surface area contributed by atoms with E-state index in [1.165, 1.54) is 25.3 Å². The zero-order chi connectivity index (χ0) is 27.8. The average Bonchev–Trinajstić information content (AvgIpc) is 2.94. The van der Waals surface area contributed by atoms with Crippen LogP contribution in [0.3, 0.4) is 0 Å². The second-order valence-electron chi connectivity index (χ2n) is 9.72. The van der Waals surface area contributed by atoms with Crippen molar-refractivity contribution in [1.29, 1.82) is 0 Å². The highest BCUT2D eigenvalue weighted by molar-refractivity contribution is 6.35. The molecule has 1 fully saturated rings. The van der Waals surface area contributed by atoms with Crippen LogP contribution in [0.15, 0.2) is 24.3 Å². The first-order chi connectivity index (χ1) is 18.8. The van der Waals surface area contributed by atoms with Crippen molar-refractivity contribution in [2.24, 2.45) is 0 Å². The highest BCUT2D eigenvalue weighted by Gasteiger charge is 2.30. The van der Waals surface area contributed by atoms with Crippen molar-refractivity contribution in [3.8, 4) is 29.6 Å². The van der Waals surface area contributed by atoms with E-state index < -0.39 is 11.6 Å². The van der Waals surface area contributed by atoms with Crippen molar-refractivity contribution in [2.75, 3.05) is 30.8 Å². The van der Waals surface area contributed by atoms with Crippen LogP contribution in [-0.2, 0) is 0 Å². The number of nitrogens with one attached hydrogen (secondary N) is 1. The fraction of sp³-hybridized carbons (Fsp3) is 0.345. The molecule has 1 saturated heterocycles. The van der Waals surface area contributed by atoms with Gasteiger partial charge in [0.15, 0.2) is 5.82 Å². The standard InChI is InChI=1S/C29H29ClF2N6O/c1-5-8-18-14-38(13-17(6-2)34-18)28-23-26(36-29(37-28)39-4)24(32)25(35-27(23)30)20-12-16(33)11-15-9-10-21(31)19(7-3)22(15)20/h3,9-12,17-18,34H,5-6,8,13-14,33H2,1-2,4H3. The number of terminal acetylenes is 1. The van der Waals surface area contributed by atoms with Gasteiger partial charge in [-0.3, -0.25) is 0 Å². The van der Waals surface area contributed by atoms with E-state index in [4.69, 9.17) is 28.5 Å². The molecule has 39 heavy (non-hydrogen) atoms. The fourth-order valence-corrected chi connectivity index (χ4v) is 5.63. The molecule has 1 aliphatic rings. The monoisotopic (exact) mass is 550 g/mol. The zero-order valence-corrected chi connectivity index (χ0v) is 22.7. The van der Waals surface area contributed by atoms with Crippen molar-refractivity contribution in [1.82, 2.24) is 20.3 Å². The van der Waals surface area contributed by atoms with Gasteiger partial charge in [-0.05, 0) is 36.4 Å². The zero-order valence-electron chi connectivity index (χ0n) is 22.0. The highest BCUT2D eigenvalue weighted by atomic mass is 35.5. The predicted octanol–water partition coefficient (Wildman–Crippen LogP) is 5.71. The van der Waals surface area contributed by atoms with Gasteiger partial charge in [0.2, 0.25) is 0 Å². The number of nitrogens with two attached hydrogens (primary N) is 1. The number of hydrogen-bond acceptors (Lipinski definition) is 7. The number of aromatic nitrogens is 3. The maximum atomic E-state index is 16.5. The molecule has 0 spiro atoms. The third-order valence-corrected chi connectivity index (χ3v) is 7.43. The first kappa shape index (κ1) is 26.9. The molecule has 2 aromatic heterocycles. The Labute approximate surface area is 230 Å². The molecule has 3 N–H and O–H groups in total.